The zero-order chi connectivity index (χ0) is 15.2. The van der Waals surface area contributed by atoms with E-state index < -0.39 is 0 Å². The maximum atomic E-state index is 11.0. The van der Waals surface area contributed by atoms with Crippen molar-refractivity contribution >= 4 is 5.78 Å². The molecule has 0 bridgehead atoms. The Balaban J connectivity index is 1.65. The third-order valence-electron chi connectivity index (χ3n) is 5.29. The highest BCUT2D eigenvalue weighted by Gasteiger charge is 2.27. The van der Waals surface area contributed by atoms with Crippen LogP contribution in [0.4, 0.5) is 0 Å². The molecule has 21 heavy (non-hydrogen) atoms. The largest absolute Gasteiger partial charge is 0.306 e. The van der Waals surface area contributed by atoms with Gasteiger partial charge in [0.2, 0.25) is 0 Å². The van der Waals surface area contributed by atoms with Crippen molar-refractivity contribution in [3.05, 3.63) is 0 Å². The Labute approximate surface area is 130 Å². The van der Waals surface area contributed by atoms with E-state index in [1.54, 1.807) is 6.92 Å². The van der Waals surface area contributed by atoms with Crippen molar-refractivity contribution in [3.8, 4) is 0 Å². The number of likely N-dealkylation sites (N-methyl/N-ethyl adjacent to an activating group) is 1. The quantitative estimate of drug-likeness (QED) is 0.745. The van der Waals surface area contributed by atoms with Crippen LogP contribution in [0.15, 0.2) is 0 Å². The smallest absolute Gasteiger partial charge is 0.131 e. The molecule has 1 heterocycles. The first-order chi connectivity index (χ1) is 10.0. The lowest BCUT2D eigenvalue weighted by Gasteiger charge is -2.41. The molecule has 2 rings (SSSR count). The van der Waals surface area contributed by atoms with Crippen LogP contribution in [-0.4, -0.2) is 79.9 Å². The number of ketones is 1. The van der Waals surface area contributed by atoms with Crippen LogP contribution in [-0.2, 0) is 4.79 Å². The molecular weight excluding hydrogens is 262 g/mol. The number of hydrogen-bond donors (Lipinski definition) is 0. The molecule has 0 spiro atoms. The molecule has 4 nitrogen and oxygen atoms in total. The zero-order valence-electron chi connectivity index (χ0n) is 14.2. The fourth-order valence-electron chi connectivity index (χ4n) is 3.76. The van der Waals surface area contributed by atoms with E-state index in [9.17, 15) is 4.79 Å². The van der Waals surface area contributed by atoms with Gasteiger partial charge in [-0.25, -0.2) is 0 Å². The molecule has 0 N–H and O–H groups in total. The molecule has 0 unspecified atom stereocenters. The van der Waals surface area contributed by atoms with Crippen molar-refractivity contribution in [2.75, 3.05) is 53.4 Å². The predicted molar refractivity (Wildman–Crippen MR) is 87.6 cm³/mol. The van der Waals surface area contributed by atoms with Crippen LogP contribution < -0.4 is 0 Å². The summed E-state index contributed by atoms with van der Waals surface area (Å²) in [7, 11) is 4.39. The van der Waals surface area contributed by atoms with Gasteiger partial charge in [-0.1, -0.05) is 0 Å². The fraction of sp³-hybridized carbons (Fsp3) is 0.941. The Morgan fingerprint density at radius 1 is 1.10 bits per heavy atom. The molecule has 0 aromatic rings. The number of carbonyl (C=O) groups excluding carboxylic acids is 1. The van der Waals surface area contributed by atoms with Crippen molar-refractivity contribution in [2.45, 2.75) is 45.1 Å². The third kappa shape index (κ3) is 5.68. The topological polar surface area (TPSA) is 26.8 Å². The highest BCUT2D eigenvalue weighted by Crippen LogP contribution is 2.28. The molecular formula is C17H33N3O. The average Bonchev–Trinajstić information content (AvgIpc) is 2.47. The van der Waals surface area contributed by atoms with Crippen molar-refractivity contribution in [2.24, 2.45) is 5.92 Å². The lowest BCUT2D eigenvalue weighted by molar-refractivity contribution is -0.117. The molecule has 122 valence electrons. The van der Waals surface area contributed by atoms with Gasteiger partial charge in [-0.3, -0.25) is 9.69 Å². The van der Waals surface area contributed by atoms with Crippen molar-refractivity contribution < 1.29 is 4.79 Å². The zero-order valence-corrected chi connectivity index (χ0v) is 14.2. The lowest BCUT2D eigenvalue weighted by Crippen LogP contribution is -2.50. The fourth-order valence-corrected chi connectivity index (χ4v) is 3.76. The van der Waals surface area contributed by atoms with Crippen molar-refractivity contribution in [1.82, 2.24) is 14.7 Å². The summed E-state index contributed by atoms with van der Waals surface area (Å²) in [6, 6.07) is 0.831. The number of Topliss-reactive ketones (excluding diaryl/α,β-unsaturated/α-hetero) is 1. The summed E-state index contributed by atoms with van der Waals surface area (Å²) in [6.45, 7) is 8.75. The van der Waals surface area contributed by atoms with Crippen LogP contribution in [0, 0.1) is 5.92 Å². The molecule has 0 aromatic heterocycles. The second kappa shape index (κ2) is 8.25. The maximum absolute atomic E-state index is 11.0. The maximum Gasteiger partial charge on any atom is 0.131 e. The van der Waals surface area contributed by atoms with Crippen LogP contribution in [0.5, 0.6) is 0 Å². The van der Waals surface area contributed by atoms with Gasteiger partial charge in [0.05, 0.1) is 0 Å². The van der Waals surface area contributed by atoms with Gasteiger partial charge in [-0.05, 0) is 52.6 Å². The van der Waals surface area contributed by atoms with Crippen LogP contribution in [0.25, 0.3) is 0 Å². The molecule has 2 fully saturated rings. The number of nitrogens with zero attached hydrogens (tertiary/aromatic N) is 3. The summed E-state index contributed by atoms with van der Waals surface area (Å²) in [5.74, 6) is 1.14. The molecule has 1 saturated heterocycles. The minimum Gasteiger partial charge on any atom is -0.306 e. The van der Waals surface area contributed by atoms with Crippen LogP contribution in [0.2, 0.25) is 0 Å². The molecule has 2 aliphatic rings. The first-order valence-corrected chi connectivity index (χ1v) is 8.65. The molecule has 0 aromatic carbocycles. The number of carbonyl (C=O) groups is 1. The SMILES string of the molecule is CC(=O)CCN(C)CC1CCC(N2CCN(C)CC2)CC1. The molecule has 0 amide bonds. The predicted octanol–water partition coefficient (Wildman–Crippen LogP) is 1.70. The second-order valence-corrected chi connectivity index (χ2v) is 7.23. The van der Waals surface area contributed by atoms with Gasteiger partial charge >= 0.3 is 0 Å². The van der Waals surface area contributed by atoms with Gasteiger partial charge < -0.3 is 9.80 Å². The normalized spacial score (nSPS) is 29.0. The standard InChI is InChI=1S/C17H33N3O/c1-15(21)8-9-19(3)14-16-4-6-17(7-5-16)20-12-10-18(2)11-13-20/h16-17H,4-14H2,1-3H3. The van der Waals surface area contributed by atoms with Gasteiger partial charge in [0.15, 0.2) is 0 Å². The molecule has 1 saturated carbocycles. The van der Waals surface area contributed by atoms with Gasteiger partial charge in [0, 0.05) is 51.7 Å². The van der Waals surface area contributed by atoms with Crippen molar-refractivity contribution in [1.29, 1.82) is 0 Å². The van der Waals surface area contributed by atoms with Crippen LogP contribution >= 0.6 is 0 Å². The van der Waals surface area contributed by atoms with E-state index in [2.05, 4.69) is 28.8 Å². The summed E-state index contributed by atoms with van der Waals surface area (Å²) in [5.41, 5.74) is 0. The van der Waals surface area contributed by atoms with E-state index >= 15 is 0 Å². The van der Waals surface area contributed by atoms with Crippen LogP contribution in [0.1, 0.15) is 39.0 Å². The molecule has 1 aliphatic carbocycles. The highest BCUT2D eigenvalue weighted by molar-refractivity contribution is 5.75. The van der Waals surface area contributed by atoms with E-state index in [4.69, 9.17) is 0 Å². The minimum absolute atomic E-state index is 0.306. The van der Waals surface area contributed by atoms with Gasteiger partial charge in [0.25, 0.3) is 0 Å². The second-order valence-electron chi connectivity index (χ2n) is 7.23. The lowest BCUT2D eigenvalue weighted by atomic mass is 9.84. The first-order valence-electron chi connectivity index (χ1n) is 8.65. The number of hydrogen-bond acceptors (Lipinski definition) is 4. The Morgan fingerprint density at radius 2 is 1.71 bits per heavy atom. The number of rotatable bonds is 6. The average molecular weight is 295 g/mol. The molecule has 4 heteroatoms. The summed E-state index contributed by atoms with van der Waals surface area (Å²) in [4.78, 5) is 18.5. The van der Waals surface area contributed by atoms with E-state index in [-0.39, 0.29) is 0 Å². The van der Waals surface area contributed by atoms with E-state index in [0.717, 1.165) is 18.5 Å². The Kier molecular flexibility index (Phi) is 6.65. The van der Waals surface area contributed by atoms with Gasteiger partial charge in [-0.2, -0.15) is 0 Å². The van der Waals surface area contributed by atoms with Crippen LogP contribution in [0.3, 0.4) is 0 Å². The number of piperazine rings is 1. The summed E-state index contributed by atoms with van der Waals surface area (Å²) in [6.07, 6.45) is 6.17. The monoisotopic (exact) mass is 295 g/mol. The van der Waals surface area contributed by atoms with Gasteiger partial charge in [-0.15, -0.1) is 0 Å². The Hall–Kier alpha value is -0.450. The van der Waals surface area contributed by atoms with E-state index in [0.29, 0.717) is 12.2 Å². The minimum atomic E-state index is 0.306. The van der Waals surface area contributed by atoms with Gasteiger partial charge in [0.1, 0.15) is 5.78 Å². The molecule has 1 aliphatic heterocycles. The third-order valence-corrected chi connectivity index (χ3v) is 5.29. The Bertz CT molecular complexity index is 318. The highest BCUT2D eigenvalue weighted by atomic mass is 16.1. The summed E-state index contributed by atoms with van der Waals surface area (Å²) < 4.78 is 0. The Morgan fingerprint density at radius 3 is 2.29 bits per heavy atom. The van der Waals surface area contributed by atoms with Crippen molar-refractivity contribution in [3.63, 3.8) is 0 Å². The first kappa shape index (κ1) is 16.9. The molecule has 0 atom stereocenters. The van der Waals surface area contributed by atoms with E-state index in [1.165, 1.54) is 58.4 Å². The van der Waals surface area contributed by atoms with E-state index in [1.807, 2.05) is 0 Å². The summed E-state index contributed by atoms with van der Waals surface area (Å²) >= 11 is 0. The summed E-state index contributed by atoms with van der Waals surface area (Å²) in [5, 5.41) is 0. The molecule has 0 radical (unpaired) electrons.